The van der Waals surface area contributed by atoms with Crippen molar-refractivity contribution in [3.8, 4) is 0 Å². The Balaban J connectivity index is 2.06. The third-order valence-corrected chi connectivity index (χ3v) is 4.46. The average Bonchev–Trinajstić information content (AvgIpc) is 2.50. The van der Waals surface area contributed by atoms with Gasteiger partial charge in [0.05, 0.1) is 13.2 Å². The maximum Gasteiger partial charge on any atom is 0.127 e. The van der Waals surface area contributed by atoms with Crippen LogP contribution >= 0.6 is 0 Å². The molecule has 1 heterocycles. The fourth-order valence-corrected chi connectivity index (χ4v) is 3.25. The third kappa shape index (κ3) is 4.02. The number of hydrogen-bond acceptors (Lipinski definition) is 3. The van der Waals surface area contributed by atoms with Crippen molar-refractivity contribution in [1.29, 1.82) is 0 Å². The second kappa shape index (κ2) is 7.87. The highest BCUT2D eigenvalue weighted by atomic mass is 19.1. The first-order chi connectivity index (χ1) is 10.2. The zero-order valence-corrected chi connectivity index (χ0v) is 13.3. The van der Waals surface area contributed by atoms with E-state index in [2.05, 4.69) is 24.1 Å². The van der Waals surface area contributed by atoms with Gasteiger partial charge in [0.2, 0.25) is 0 Å². The molecule has 2 rings (SSSR count). The van der Waals surface area contributed by atoms with E-state index >= 15 is 0 Å². The minimum Gasteiger partial charge on any atom is -0.378 e. The second-order valence-corrected chi connectivity index (χ2v) is 5.90. The molecule has 3 atom stereocenters. The van der Waals surface area contributed by atoms with E-state index in [4.69, 9.17) is 4.74 Å². The topological polar surface area (TPSA) is 24.5 Å². The normalized spacial score (nSPS) is 23.0. The van der Waals surface area contributed by atoms with Crippen LogP contribution in [0.3, 0.4) is 0 Å². The van der Waals surface area contributed by atoms with E-state index in [9.17, 15) is 4.39 Å². The molecule has 0 radical (unpaired) electrons. The lowest BCUT2D eigenvalue weighted by Crippen LogP contribution is -2.48. The van der Waals surface area contributed by atoms with Crippen LogP contribution in [0.2, 0.25) is 0 Å². The molecule has 0 aromatic heterocycles. The summed E-state index contributed by atoms with van der Waals surface area (Å²) >= 11 is 0. The first kappa shape index (κ1) is 16.4. The molecule has 21 heavy (non-hydrogen) atoms. The van der Waals surface area contributed by atoms with Crippen molar-refractivity contribution in [3.63, 3.8) is 0 Å². The molecule has 118 valence electrons. The highest BCUT2D eigenvalue weighted by molar-refractivity contribution is 5.21. The number of morpholine rings is 1. The summed E-state index contributed by atoms with van der Waals surface area (Å²) in [7, 11) is 1.91. The molecule has 1 aliphatic heterocycles. The van der Waals surface area contributed by atoms with Gasteiger partial charge in [-0.05, 0) is 25.5 Å². The van der Waals surface area contributed by atoms with Crippen molar-refractivity contribution in [2.45, 2.75) is 32.4 Å². The van der Waals surface area contributed by atoms with Crippen molar-refractivity contribution in [2.75, 3.05) is 33.4 Å². The molecule has 1 aromatic rings. The molecule has 1 aliphatic rings. The van der Waals surface area contributed by atoms with E-state index in [1.54, 1.807) is 6.07 Å². The highest BCUT2D eigenvalue weighted by Gasteiger charge is 2.27. The zero-order valence-electron chi connectivity index (χ0n) is 13.3. The predicted molar refractivity (Wildman–Crippen MR) is 83.8 cm³/mol. The summed E-state index contributed by atoms with van der Waals surface area (Å²) in [6, 6.07) is 7.58. The number of rotatable bonds is 6. The van der Waals surface area contributed by atoms with E-state index in [1.165, 1.54) is 6.07 Å². The molecular formula is C17H27FN2O. The van der Waals surface area contributed by atoms with E-state index in [-0.39, 0.29) is 11.9 Å². The van der Waals surface area contributed by atoms with Crippen LogP contribution < -0.4 is 5.32 Å². The van der Waals surface area contributed by atoms with E-state index in [0.29, 0.717) is 12.0 Å². The molecule has 0 spiro atoms. The quantitative estimate of drug-likeness (QED) is 0.873. The minimum atomic E-state index is -0.127. The molecule has 1 aromatic carbocycles. The summed E-state index contributed by atoms with van der Waals surface area (Å²) < 4.78 is 19.6. The van der Waals surface area contributed by atoms with Crippen molar-refractivity contribution in [2.24, 2.45) is 5.92 Å². The van der Waals surface area contributed by atoms with Crippen LogP contribution in [0.25, 0.3) is 0 Å². The molecule has 3 unspecified atom stereocenters. The van der Waals surface area contributed by atoms with Crippen LogP contribution in [0.4, 0.5) is 4.39 Å². The third-order valence-electron chi connectivity index (χ3n) is 4.46. The van der Waals surface area contributed by atoms with Gasteiger partial charge in [0.15, 0.2) is 0 Å². The summed E-state index contributed by atoms with van der Waals surface area (Å²) in [5.41, 5.74) is 0.758. The Kier molecular flexibility index (Phi) is 6.15. The summed E-state index contributed by atoms with van der Waals surface area (Å²) in [6.07, 6.45) is 1.09. The van der Waals surface area contributed by atoms with Crippen molar-refractivity contribution >= 4 is 0 Å². The standard InChI is InChI=1S/C17H27FN2O/c1-4-14-12-21-10-9-20(14)11-13(2)17(19-3)15-7-5-6-8-16(15)18/h5-8,13-14,17,19H,4,9-12H2,1-3H3. The Hall–Kier alpha value is -0.970. The van der Waals surface area contributed by atoms with Crippen molar-refractivity contribution < 1.29 is 9.13 Å². The number of halogens is 1. The lowest BCUT2D eigenvalue weighted by molar-refractivity contribution is -0.0165. The molecule has 1 fully saturated rings. The minimum absolute atomic E-state index is 0.0338. The van der Waals surface area contributed by atoms with Gasteiger partial charge in [-0.25, -0.2) is 4.39 Å². The summed E-state index contributed by atoms with van der Waals surface area (Å²) in [4.78, 5) is 2.49. The molecule has 4 heteroatoms. The van der Waals surface area contributed by atoms with E-state index in [0.717, 1.165) is 38.3 Å². The number of nitrogens with zero attached hydrogens (tertiary/aromatic N) is 1. The number of ether oxygens (including phenoxy) is 1. The highest BCUT2D eigenvalue weighted by Crippen LogP contribution is 2.26. The second-order valence-electron chi connectivity index (χ2n) is 5.90. The first-order valence-electron chi connectivity index (χ1n) is 7.90. The lowest BCUT2D eigenvalue weighted by Gasteiger charge is -2.38. The van der Waals surface area contributed by atoms with Gasteiger partial charge >= 0.3 is 0 Å². The van der Waals surface area contributed by atoms with Crippen LogP contribution in [-0.2, 0) is 4.74 Å². The molecule has 0 saturated carbocycles. The number of benzene rings is 1. The average molecular weight is 294 g/mol. The van der Waals surface area contributed by atoms with Gasteiger partial charge in [0.25, 0.3) is 0 Å². The van der Waals surface area contributed by atoms with Gasteiger partial charge < -0.3 is 10.1 Å². The summed E-state index contributed by atoms with van der Waals surface area (Å²) in [5.74, 6) is 0.205. The Morgan fingerprint density at radius 2 is 2.19 bits per heavy atom. The zero-order chi connectivity index (χ0) is 15.2. The predicted octanol–water partition coefficient (Wildman–Crippen LogP) is 2.83. The van der Waals surface area contributed by atoms with Crippen LogP contribution in [0.5, 0.6) is 0 Å². The molecular weight excluding hydrogens is 267 g/mol. The van der Waals surface area contributed by atoms with Crippen molar-refractivity contribution in [1.82, 2.24) is 10.2 Å². The molecule has 1 N–H and O–H groups in total. The maximum absolute atomic E-state index is 14.0. The van der Waals surface area contributed by atoms with Crippen LogP contribution in [-0.4, -0.2) is 44.3 Å². The molecule has 0 amide bonds. The van der Waals surface area contributed by atoms with Crippen LogP contribution in [0, 0.1) is 11.7 Å². The molecule has 0 bridgehead atoms. The lowest BCUT2D eigenvalue weighted by atomic mass is 9.93. The molecule has 0 aliphatic carbocycles. The van der Waals surface area contributed by atoms with Crippen LogP contribution in [0.1, 0.15) is 31.9 Å². The Bertz CT molecular complexity index is 441. The Morgan fingerprint density at radius 3 is 2.86 bits per heavy atom. The van der Waals surface area contributed by atoms with E-state index < -0.39 is 0 Å². The number of nitrogens with one attached hydrogen (secondary N) is 1. The Labute approximate surface area is 127 Å². The molecule has 3 nitrogen and oxygen atoms in total. The van der Waals surface area contributed by atoms with Gasteiger partial charge in [-0.1, -0.05) is 32.0 Å². The maximum atomic E-state index is 14.0. The summed E-state index contributed by atoms with van der Waals surface area (Å²) in [6.45, 7) is 7.93. The first-order valence-corrected chi connectivity index (χ1v) is 7.90. The van der Waals surface area contributed by atoms with Gasteiger partial charge in [-0.15, -0.1) is 0 Å². The van der Waals surface area contributed by atoms with Gasteiger partial charge in [-0.3, -0.25) is 4.90 Å². The smallest absolute Gasteiger partial charge is 0.127 e. The van der Waals surface area contributed by atoms with Crippen molar-refractivity contribution in [3.05, 3.63) is 35.6 Å². The molecule has 1 saturated heterocycles. The fraction of sp³-hybridized carbons (Fsp3) is 0.647. The fourth-order valence-electron chi connectivity index (χ4n) is 3.25. The van der Waals surface area contributed by atoms with Gasteiger partial charge in [-0.2, -0.15) is 0 Å². The Morgan fingerprint density at radius 1 is 1.43 bits per heavy atom. The summed E-state index contributed by atoms with van der Waals surface area (Å²) in [5, 5.41) is 3.28. The number of hydrogen-bond donors (Lipinski definition) is 1. The SMILES string of the molecule is CCC1COCCN1CC(C)C(NC)c1ccccc1F. The monoisotopic (exact) mass is 294 g/mol. The van der Waals surface area contributed by atoms with E-state index in [1.807, 2.05) is 19.2 Å². The van der Waals surface area contributed by atoms with Gasteiger partial charge in [0.1, 0.15) is 5.82 Å². The van der Waals surface area contributed by atoms with Gasteiger partial charge in [0, 0.05) is 30.7 Å². The van der Waals surface area contributed by atoms with Crippen LogP contribution in [0.15, 0.2) is 24.3 Å². The largest absolute Gasteiger partial charge is 0.378 e.